The first-order valence-electron chi connectivity index (χ1n) is 4.31. The molecule has 0 amide bonds. The summed E-state index contributed by atoms with van der Waals surface area (Å²) in [6.07, 6.45) is -0.106. The SMILES string of the molecule is CC(CC(=O)O)c1cc(Br)c(F)cc1O. The molecule has 2 N–H and O–H groups in total. The lowest BCUT2D eigenvalue weighted by molar-refractivity contribution is -0.137. The van der Waals surface area contributed by atoms with Crippen molar-refractivity contribution in [2.24, 2.45) is 0 Å². The van der Waals surface area contributed by atoms with E-state index in [-0.39, 0.29) is 22.6 Å². The molecule has 0 fully saturated rings. The predicted octanol–water partition coefficient (Wildman–Crippen LogP) is 2.87. The Morgan fingerprint density at radius 1 is 1.60 bits per heavy atom. The van der Waals surface area contributed by atoms with Gasteiger partial charge in [-0.25, -0.2) is 4.39 Å². The summed E-state index contributed by atoms with van der Waals surface area (Å²) in [5.41, 5.74) is 0.422. The van der Waals surface area contributed by atoms with Crippen LogP contribution in [0.4, 0.5) is 4.39 Å². The van der Waals surface area contributed by atoms with Gasteiger partial charge in [0.1, 0.15) is 11.6 Å². The van der Waals surface area contributed by atoms with Crippen molar-refractivity contribution in [2.45, 2.75) is 19.3 Å². The smallest absolute Gasteiger partial charge is 0.303 e. The molecule has 0 bridgehead atoms. The van der Waals surface area contributed by atoms with Gasteiger partial charge in [-0.3, -0.25) is 4.79 Å². The van der Waals surface area contributed by atoms with E-state index in [1.54, 1.807) is 6.92 Å². The van der Waals surface area contributed by atoms with Gasteiger partial charge in [0.05, 0.1) is 10.9 Å². The Morgan fingerprint density at radius 3 is 2.73 bits per heavy atom. The van der Waals surface area contributed by atoms with Crippen molar-refractivity contribution in [3.8, 4) is 5.75 Å². The largest absolute Gasteiger partial charge is 0.508 e. The van der Waals surface area contributed by atoms with E-state index in [4.69, 9.17) is 5.11 Å². The Morgan fingerprint density at radius 2 is 2.20 bits per heavy atom. The third-order valence-corrected chi connectivity index (χ3v) is 2.69. The summed E-state index contributed by atoms with van der Waals surface area (Å²) in [5, 5.41) is 18.0. The molecule has 3 nitrogen and oxygen atoms in total. The van der Waals surface area contributed by atoms with Crippen molar-refractivity contribution < 1.29 is 19.4 Å². The number of hydrogen-bond donors (Lipinski definition) is 2. The Bertz CT molecular complexity index is 392. The minimum Gasteiger partial charge on any atom is -0.508 e. The van der Waals surface area contributed by atoms with Crippen LogP contribution in [0.3, 0.4) is 0 Å². The van der Waals surface area contributed by atoms with Crippen LogP contribution in [0.5, 0.6) is 5.75 Å². The minimum atomic E-state index is -0.956. The molecular formula is C10H10BrFO3. The number of carboxylic acid groups (broad SMARTS) is 1. The van der Waals surface area contributed by atoms with Crippen LogP contribution in [-0.4, -0.2) is 16.2 Å². The summed E-state index contributed by atoms with van der Waals surface area (Å²) < 4.78 is 13.2. The number of hydrogen-bond acceptors (Lipinski definition) is 2. The molecule has 0 radical (unpaired) electrons. The van der Waals surface area contributed by atoms with E-state index >= 15 is 0 Å². The number of phenols is 1. The van der Waals surface area contributed by atoms with E-state index in [0.717, 1.165) is 6.07 Å². The number of benzene rings is 1. The van der Waals surface area contributed by atoms with E-state index in [0.29, 0.717) is 5.56 Å². The first-order chi connectivity index (χ1) is 6.91. The molecule has 0 aliphatic rings. The van der Waals surface area contributed by atoms with E-state index in [9.17, 15) is 14.3 Å². The standard InChI is InChI=1S/C10H10BrFO3/c1-5(2-10(14)15)6-3-7(11)8(12)4-9(6)13/h3-5,13H,2H2,1H3,(H,14,15). The van der Waals surface area contributed by atoms with Crippen molar-refractivity contribution in [2.75, 3.05) is 0 Å². The molecule has 5 heteroatoms. The summed E-state index contributed by atoms with van der Waals surface area (Å²) in [6, 6.07) is 2.37. The van der Waals surface area contributed by atoms with Crippen LogP contribution >= 0.6 is 15.9 Å². The Labute approximate surface area is 94.7 Å². The van der Waals surface area contributed by atoms with Crippen molar-refractivity contribution >= 4 is 21.9 Å². The number of carbonyl (C=O) groups is 1. The van der Waals surface area contributed by atoms with Gasteiger partial charge in [0.25, 0.3) is 0 Å². The van der Waals surface area contributed by atoms with Crippen molar-refractivity contribution in [1.82, 2.24) is 0 Å². The zero-order valence-electron chi connectivity index (χ0n) is 8.00. The molecule has 1 aromatic carbocycles. The highest BCUT2D eigenvalue weighted by atomic mass is 79.9. The molecule has 1 rings (SSSR count). The molecule has 0 aliphatic carbocycles. The highest BCUT2D eigenvalue weighted by Gasteiger charge is 2.16. The lowest BCUT2D eigenvalue weighted by Gasteiger charge is -2.12. The second-order valence-electron chi connectivity index (χ2n) is 3.32. The molecule has 1 aromatic rings. The fourth-order valence-electron chi connectivity index (χ4n) is 1.32. The van der Waals surface area contributed by atoms with E-state index in [2.05, 4.69) is 15.9 Å². The van der Waals surface area contributed by atoms with Gasteiger partial charge in [0.2, 0.25) is 0 Å². The van der Waals surface area contributed by atoms with Gasteiger partial charge < -0.3 is 10.2 Å². The summed E-state index contributed by atoms with van der Waals surface area (Å²) >= 11 is 2.98. The van der Waals surface area contributed by atoms with Crippen LogP contribution in [0.2, 0.25) is 0 Å². The van der Waals surface area contributed by atoms with Crippen molar-refractivity contribution in [3.05, 3.63) is 28.0 Å². The average Bonchev–Trinajstić information content (AvgIpc) is 2.09. The number of phenolic OH excluding ortho intramolecular Hbond substituents is 1. The van der Waals surface area contributed by atoms with Crippen molar-refractivity contribution in [1.29, 1.82) is 0 Å². The summed E-state index contributed by atoms with van der Waals surface area (Å²) in [4.78, 5) is 10.5. The lowest BCUT2D eigenvalue weighted by Crippen LogP contribution is -2.03. The molecule has 1 unspecified atom stereocenters. The average molecular weight is 277 g/mol. The quantitative estimate of drug-likeness (QED) is 0.893. The maximum atomic E-state index is 13.0. The molecule has 0 heterocycles. The molecular weight excluding hydrogens is 267 g/mol. The number of carboxylic acids is 1. The van der Waals surface area contributed by atoms with E-state index in [1.165, 1.54) is 6.07 Å². The summed E-state index contributed by atoms with van der Waals surface area (Å²) in [7, 11) is 0. The molecule has 0 spiro atoms. The van der Waals surface area contributed by atoms with Crippen LogP contribution in [0, 0.1) is 5.82 Å². The second-order valence-corrected chi connectivity index (χ2v) is 4.18. The third-order valence-electron chi connectivity index (χ3n) is 2.08. The topological polar surface area (TPSA) is 57.5 Å². The summed E-state index contributed by atoms with van der Waals surface area (Å²) in [5.74, 6) is -2.11. The normalized spacial score (nSPS) is 12.5. The van der Waals surface area contributed by atoms with Gasteiger partial charge in [0.15, 0.2) is 0 Å². The Hall–Kier alpha value is -1.10. The fraction of sp³-hybridized carbons (Fsp3) is 0.300. The Balaban J connectivity index is 3.03. The van der Waals surface area contributed by atoms with Crippen LogP contribution in [-0.2, 0) is 4.79 Å². The number of aliphatic carboxylic acids is 1. The first-order valence-corrected chi connectivity index (χ1v) is 5.10. The van der Waals surface area contributed by atoms with Gasteiger partial charge in [-0.1, -0.05) is 6.92 Å². The summed E-state index contributed by atoms with van der Waals surface area (Å²) in [6.45, 7) is 1.66. The van der Waals surface area contributed by atoms with Crippen LogP contribution in [0.25, 0.3) is 0 Å². The highest BCUT2D eigenvalue weighted by Crippen LogP contribution is 2.32. The molecule has 0 saturated carbocycles. The maximum absolute atomic E-state index is 13.0. The van der Waals surface area contributed by atoms with Gasteiger partial charge in [-0.2, -0.15) is 0 Å². The molecule has 15 heavy (non-hydrogen) atoms. The Kier molecular flexibility index (Phi) is 3.68. The van der Waals surface area contributed by atoms with Crippen molar-refractivity contribution in [3.63, 3.8) is 0 Å². The highest BCUT2D eigenvalue weighted by molar-refractivity contribution is 9.10. The predicted molar refractivity (Wildman–Crippen MR) is 56.4 cm³/mol. The van der Waals surface area contributed by atoms with Crippen LogP contribution < -0.4 is 0 Å². The first kappa shape index (κ1) is 12.0. The zero-order chi connectivity index (χ0) is 11.6. The second kappa shape index (κ2) is 4.61. The number of halogens is 2. The lowest BCUT2D eigenvalue weighted by atomic mass is 9.97. The fourth-order valence-corrected chi connectivity index (χ4v) is 1.68. The molecule has 0 saturated heterocycles. The number of aromatic hydroxyl groups is 1. The molecule has 0 aromatic heterocycles. The van der Waals surface area contributed by atoms with E-state index < -0.39 is 11.8 Å². The molecule has 0 aliphatic heterocycles. The van der Waals surface area contributed by atoms with Crippen LogP contribution in [0.15, 0.2) is 16.6 Å². The van der Waals surface area contributed by atoms with Gasteiger partial charge >= 0.3 is 5.97 Å². The monoisotopic (exact) mass is 276 g/mol. The van der Waals surface area contributed by atoms with Gasteiger partial charge in [-0.15, -0.1) is 0 Å². The van der Waals surface area contributed by atoms with Crippen LogP contribution in [0.1, 0.15) is 24.8 Å². The third kappa shape index (κ3) is 2.92. The minimum absolute atomic E-state index is 0.106. The number of rotatable bonds is 3. The van der Waals surface area contributed by atoms with Gasteiger partial charge in [0, 0.05) is 6.07 Å². The van der Waals surface area contributed by atoms with E-state index in [1.807, 2.05) is 0 Å². The van der Waals surface area contributed by atoms with Gasteiger partial charge in [-0.05, 0) is 33.5 Å². The maximum Gasteiger partial charge on any atom is 0.303 e. The zero-order valence-corrected chi connectivity index (χ0v) is 9.58. The molecule has 1 atom stereocenters. The molecule has 82 valence electrons.